The average Bonchev–Trinajstić information content (AvgIpc) is 2.82. The molecule has 2 aromatic rings. The molecular formula is C13H13F3N2O2S. The van der Waals surface area contributed by atoms with Crippen LogP contribution in [0, 0.1) is 0 Å². The molecule has 0 atom stereocenters. The Bertz CT molecular complexity index is 667. The standard InChI is InChI=1S/C13H13F3N2O2S/c1-3-20-12(19)9-7-18-6-8(13(14,15)16)5-10(21-4-2)11(18)17-9/h5-7H,3-4H2,1-2H3. The molecule has 0 saturated carbocycles. The van der Waals surface area contributed by atoms with E-state index >= 15 is 0 Å². The molecule has 0 spiro atoms. The molecule has 2 heterocycles. The molecule has 0 aliphatic carbocycles. The quantitative estimate of drug-likeness (QED) is 0.638. The van der Waals surface area contributed by atoms with Crippen LogP contribution in [0.4, 0.5) is 13.2 Å². The fourth-order valence-electron chi connectivity index (χ4n) is 1.79. The molecule has 2 aromatic heterocycles. The number of ether oxygens (including phenoxy) is 1. The first-order chi connectivity index (χ1) is 9.86. The maximum absolute atomic E-state index is 12.9. The molecule has 0 bridgehead atoms. The highest BCUT2D eigenvalue weighted by atomic mass is 32.2. The van der Waals surface area contributed by atoms with Gasteiger partial charge in [0.25, 0.3) is 0 Å². The smallest absolute Gasteiger partial charge is 0.417 e. The average molecular weight is 318 g/mol. The molecule has 0 amide bonds. The lowest BCUT2D eigenvalue weighted by Crippen LogP contribution is -2.07. The summed E-state index contributed by atoms with van der Waals surface area (Å²) < 4.78 is 44.7. The molecule has 4 nitrogen and oxygen atoms in total. The van der Waals surface area contributed by atoms with E-state index < -0.39 is 17.7 Å². The van der Waals surface area contributed by atoms with Crippen LogP contribution in [-0.2, 0) is 10.9 Å². The van der Waals surface area contributed by atoms with E-state index in [1.54, 1.807) is 6.92 Å². The number of halogens is 3. The fraction of sp³-hybridized carbons (Fsp3) is 0.385. The van der Waals surface area contributed by atoms with Crippen molar-refractivity contribution in [3.8, 4) is 0 Å². The number of pyridine rings is 1. The van der Waals surface area contributed by atoms with Crippen molar-refractivity contribution in [1.82, 2.24) is 9.38 Å². The minimum atomic E-state index is -4.45. The summed E-state index contributed by atoms with van der Waals surface area (Å²) in [6.45, 7) is 3.65. The highest BCUT2D eigenvalue weighted by Crippen LogP contribution is 2.33. The van der Waals surface area contributed by atoms with E-state index in [1.807, 2.05) is 6.92 Å². The predicted octanol–water partition coefficient (Wildman–Crippen LogP) is 3.64. The van der Waals surface area contributed by atoms with Gasteiger partial charge >= 0.3 is 12.1 Å². The number of imidazole rings is 1. The number of nitrogens with zero attached hydrogens (tertiary/aromatic N) is 2. The Kier molecular flexibility index (Phi) is 4.46. The number of carbonyl (C=O) groups excluding carboxylic acids is 1. The van der Waals surface area contributed by atoms with Gasteiger partial charge in [-0.25, -0.2) is 9.78 Å². The van der Waals surface area contributed by atoms with Crippen molar-refractivity contribution in [2.75, 3.05) is 12.4 Å². The molecule has 0 N–H and O–H groups in total. The van der Waals surface area contributed by atoms with Crippen LogP contribution in [0.2, 0.25) is 0 Å². The zero-order valence-electron chi connectivity index (χ0n) is 11.4. The first-order valence-electron chi connectivity index (χ1n) is 6.26. The third-order valence-corrected chi connectivity index (χ3v) is 3.53. The SMILES string of the molecule is CCOC(=O)c1cn2cc(C(F)(F)F)cc(SCC)c2n1. The lowest BCUT2D eigenvalue weighted by Gasteiger charge is -2.09. The summed E-state index contributed by atoms with van der Waals surface area (Å²) in [5.74, 6) is -0.0549. The summed E-state index contributed by atoms with van der Waals surface area (Å²) in [4.78, 5) is 16.1. The van der Waals surface area contributed by atoms with Crippen LogP contribution >= 0.6 is 11.8 Å². The molecule has 0 aromatic carbocycles. The monoisotopic (exact) mass is 318 g/mol. The number of hydrogen-bond donors (Lipinski definition) is 0. The first kappa shape index (κ1) is 15.7. The van der Waals surface area contributed by atoms with Gasteiger partial charge in [-0.1, -0.05) is 6.92 Å². The van der Waals surface area contributed by atoms with E-state index in [2.05, 4.69) is 4.98 Å². The Morgan fingerprint density at radius 1 is 1.38 bits per heavy atom. The highest BCUT2D eigenvalue weighted by Gasteiger charge is 2.32. The fourth-order valence-corrected chi connectivity index (χ4v) is 2.59. The Hall–Kier alpha value is -1.70. The second-order valence-electron chi connectivity index (χ2n) is 4.10. The van der Waals surface area contributed by atoms with Gasteiger partial charge in [-0.3, -0.25) is 0 Å². The lowest BCUT2D eigenvalue weighted by atomic mass is 10.3. The number of alkyl halides is 3. The highest BCUT2D eigenvalue weighted by molar-refractivity contribution is 7.99. The third kappa shape index (κ3) is 3.31. The molecule has 0 aliphatic rings. The Morgan fingerprint density at radius 3 is 2.67 bits per heavy atom. The summed E-state index contributed by atoms with van der Waals surface area (Å²) in [7, 11) is 0. The first-order valence-corrected chi connectivity index (χ1v) is 7.25. The van der Waals surface area contributed by atoms with Gasteiger partial charge in [0.2, 0.25) is 0 Å². The van der Waals surface area contributed by atoms with Crippen molar-refractivity contribution in [1.29, 1.82) is 0 Å². The van der Waals surface area contributed by atoms with Gasteiger partial charge in [0.05, 0.1) is 17.1 Å². The topological polar surface area (TPSA) is 43.6 Å². The second kappa shape index (κ2) is 5.97. The number of thioether (sulfide) groups is 1. The van der Waals surface area contributed by atoms with Crippen molar-refractivity contribution in [3.63, 3.8) is 0 Å². The summed E-state index contributed by atoms with van der Waals surface area (Å²) in [6.07, 6.45) is -2.28. The molecule has 8 heteroatoms. The molecule has 0 fully saturated rings. The number of fused-ring (bicyclic) bond motifs is 1. The second-order valence-corrected chi connectivity index (χ2v) is 5.41. The molecule has 0 radical (unpaired) electrons. The van der Waals surface area contributed by atoms with E-state index in [1.165, 1.54) is 22.4 Å². The Morgan fingerprint density at radius 2 is 2.10 bits per heavy atom. The van der Waals surface area contributed by atoms with Gasteiger partial charge in [0.15, 0.2) is 11.3 Å². The van der Waals surface area contributed by atoms with Crippen molar-refractivity contribution in [2.45, 2.75) is 24.9 Å². The van der Waals surface area contributed by atoms with Crippen LogP contribution < -0.4 is 0 Å². The molecule has 0 unspecified atom stereocenters. The van der Waals surface area contributed by atoms with Crippen molar-refractivity contribution in [3.05, 3.63) is 29.7 Å². The van der Waals surface area contributed by atoms with E-state index in [0.717, 1.165) is 12.3 Å². The van der Waals surface area contributed by atoms with Crippen LogP contribution in [-0.4, -0.2) is 27.7 Å². The molecule has 0 aliphatic heterocycles. The Balaban J connectivity index is 2.57. The number of rotatable bonds is 4. The van der Waals surface area contributed by atoms with Gasteiger partial charge in [0.1, 0.15) is 0 Å². The van der Waals surface area contributed by atoms with Crippen molar-refractivity contribution < 1.29 is 22.7 Å². The minimum Gasteiger partial charge on any atom is -0.461 e. The Labute approximate surface area is 123 Å². The maximum atomic E-state index is 12.9. The molecule has 0 saturated heterocycles. The van der Waals surface area contributed by atoms with Gasteiger partial charge in [0, 0.05) is 12.4 Å². The minimum absolute atomic E-state index is 0.00544. The van der Waals surface area contributed by atoms with Crippen LogP contribution in [0.25, 0.3) is 5.65 Å². The number of aromatic nitrogens is 2. The van der Waals surface area contributed by atoms with Gasteiger partial charge in [-0.2, -0.15) is 13.2 Å². The predicted molar refractivity (Wildman–Crippen MR) is 72.5 cm³/mol. The van der Waals surface area contributed by atoms with Crippen LogP contribution in [0.1, 0.15) is 29.9 Å². The lowest BCUT2D eigenvalue weighted by molar-refractivity contribution is -0.138. The number of esters is 1. The third-order valence-electron chi connectivity index (χ3n) is 2.63. The normalized spacial score (nSPS) is 11.9. The van der Waals surface area contributed by atoms with Crippen molar-refractivity contribution in [2.24, 2.45) is 0 Å². The zero-order valence-corrected chi connectivity index (χ0v) is 12.2. The maximum Gasteiger partial charge on any atom is 0.417 e. The van der Waals surface area contributed by atoms with E-state index in [-0.39, 0.29) is 12.3 Å². The van der Waals surface area contributed by atoms with Crippen LogP contribution in [0.3, 0.4) is 0 Å². The van der Waals surface area contributed by atoms with Crippen LogP contribution in [0.5, 0.6) is 0 Å². The molecule has 114 valence electrons. The molecular weight excluding hydrogens is 305 g/mol. The molecule has 21 heavy (non-hydrogen) atoms. The summed E-state index contributed by atoms with van der Waals surface area (Å²) in [5.41, 5.74) is -0.467. The van der Waals surface area contributed by atoms with Gasteiger partial charge < -0.3 is 9.14 Å². The van der Waals surface area contributed by atoms with Gasteiger partial charge in [-0.15, -0.1) is 11.8 Å². The zero-order chi connectivity index (χ0) is 15.6. The van der Waals surface area contributed by atoms with Crippen LogP contribution in [0.15, 0.2) is 23.4 Å². The summed E-state index contributed by atoms with van der Waals surface area (Å²) >= 11 is 1.24. The van der Waals surface area contributed by atoms with E-state index in [4.69, 9.17) is 4.74 Å². The number of hydrogen-bond acceptors (Lipinski definition) is 4. The van der Waals surface area contributed by atoms with Crippen molar-refractivity contribution >= 4 is 23.4 Å². The van der Waals surface area contributed by atoms with E-state index in [0.29, 0.717) is 16.3 Å². The van der Waals surface area contributed by atoms with Gasteiger partial charge in [-0.05, 0) is 18.7 Å². The van der Waals surface area contributed by atoms with E-state index in [9.17, 15) is 18.0 Å². The summed E-state index contributed by atoms with van der Waals surface area (Å²) in [6, 6.07) is 1.05. The molecule has 2 rings (SSSR count). The number of carbonyl (C=O) groups is 1. The summed E-state index contributed by atoms with van der Waals surface area (Å²) in [5, 5.41) is 0. The largest absolute Gasteiger partial charge is 0.461 e.